The van der Waals surface area contributed by atoms with Gasteiger partial charge in [-0.1, -0.05) is 42.0 Å². The molecule has 2 aromatic carbocycles. The molecular weight excluding hydrogens is 336 g/mol. The average Bonchev–Trinajstić information content (AvgIpc) is 2.51. The van der Waals surface area contributed by atoms with E-state index in [0.717, 1.165) is 32.8 Å². The van der Waals surface area contributed by atoms with Gasteiger partial charge in [-0.05, 0) is 43.5 Å². The van der Waals surface area contributed by atoms with Gasteiger partial charge < -0.3 is 5.32 Å². The summed E-state index contributed by atoms with van der Waals surface area (Å²) in [5.74, 6) is -0.339. The number of nitrogens with zero attached hydrogens (tertiary/aromatic N) is 1. The first-order valence-corrected chi connectivity index (χ1v) is 9.89. The summed E-state index contributed by atoms with van der Waals surface area (Å²) in [6, 6.07) is 13.2. The van der Waals surface area contributed by atoms with Gasteiger partial charge >= 0.3 is 0 Å². The van der Waals surface area contributed by atoms with E-state index in [2.05, 4.69) is 5.32 Å². The topological polar surface area (TPSA) is 66.5 Å². The van der Waals surface area contributed by atoms with Gasteiger partial charge in [0.2, 0.25) is 15.9 Å². The molecule has 0 saturated heterocycles. The molecule has 1 N–H and O–H groups in total. The van der Waals surface area contributed by atoms with Crippen LogP contribution in [0.15, 0.2) is 42.5 Å². The van der Waals surface area contributed by atoms with E-state index in [1.54, 1.807) is 6.07 Å². The smallest absolute Gasteiger partial charge is 0.241 e. The van der Waals surface area contributed by atoms with E-state index in [0.29, 0.717) is 12.2 Å². The van der Waals surface area contributed by atoms with Gasteiger partial charge in [-0.15, -0.1) is 0 Å². The van der Waals surface area contributed by atoms with Crippen molar-refractivity contribution in [1.82, 2.24) is 5.32 Å². The molecule has 2 aromatic rings. The van der Waals surface area contributed by atoms with Gasteiger partial charge in [0.25, 0.3) is 0 Å². The first-order valence-electron chi connectivity index (χ1n) is 8.04. The summed E-state index contributed by atoms with van der Waals surface area (Å²) in [6.45, 7) is 5.88. The molecule has 25 heavy (non-hydrogen) atoms. The molecule has 0 spiro atoms. The zero-order chi connectivity index (χ0) is 18.6. The third-order valence-electron chi connectivity index (χ3n) is 4.05. The summed E-state index contributed by atoms with van der Waals surface area (Å²) >= 11 is 0. The SMILES string of the molecule is Cc1ccc(N(CC(=O)NCc2ccccc2C)S(C)(=O)=O)c(C)c1. The Bertz CT molecular complexity index is 876. The lowest BCUT2D eigenvalue weighted by Crippen LogP contribution is -2.40. The normalized spacial score (nSPS) is 11.2. The van der Waals surface area contributed by atoms with Gasteiger partial charge in [-0.2, -0.15) is 0 Å². The standard InChI is InChI=1S/C19H24N2O3S/c1-14-9-10-18(16(3)11-14)21(25(4,23)24)13-19(22)20-12-17-8-6-5-7-15(17)2/h5-11H,12-13H2,1-4H3,(H,20,22). The number of rotatable bonds is 6. The highest BCUT2D eigenvalue weighted by Gasteiger charge is 2.22. The predicted octanol–water partition coefficient (Wildman–Crippen LogP) is 2.69. The van der Waals surface area contributed by atoms with Crippen LogP contribution in [0.25, 0.3) is 0 Å². The molecule has 0 aliphatic rings. The van der Waals surface area contributed by atoms with E-state index in [9.17, 15) is 13.2 Å². The number of hydrogen-bond donors (Lipinski definition) is 1. The van der Waals surface area contributed by atoms with Crippen molar-refractivity contribution < 1.29 is 13.2 Å². The summed E-state index contributed by atoms with van der Waals surface area (Å²) in [5.41, 5.74) is 4.47. The van der Waals surface area contributed by atoms with Crippen molar-refractivity contribution in [3.05, 3.63) is 64.7 Å². The van der Waals surface area contributed by atoms with Gasteiger partial charge in [-0.3, -0.25) is 9.10 Å². The highest BCUT2D eigenvalue weighted by atomic mass is 32.2. The minimum Gasteiger partial charge on any atom is -0.350 e. The largest absolute Gasteiger partial charge is 0.350 e. The molecule has 6 heteroatoms. The van der Waals surface area contributed by atoms with Crippen molar-refractivity contribution in [2.45, 2.75) is 27.3 Å². The quantitative estimate of drug-likeness (QED) is 0.861. The Kier molecular flexibility index (Phi) is 5.85. The van der Waals surface area contributed by atoms with Crippen LogP contribution in [0.4, 0.5) is 5.69 Å². The minimum atomic E-state index is -3.57. The van der Waals surface area contributed by atoms with Crippen LogP contribution >= 0.6 is 0 Å². The van der Waals surface area contributed by atoms with E-state index in [1.807, 2.05) is 57.2 Å². The molecule has 0 bridgehead atoms. The lowest BCUT2D eigenvalue weighted by molar-refractivity contribution is -0.119. The second kappa shape index (κ2) is 7.70. The molecular formula is C19H24N2O3S. The highest BCUT2D eigenvalue weighted by molar-refractivity contribution is 7.92. The van der Waals surface area contributed by atoms with Gasteiger partial charge in [0.15, 0.2) is 0 Å². The van der Waals surface area contributed by atoms with Crippen molar-refractivity contribution in [3.63, 3.8) is 0 Å². The van der Waals surface area contributed by atoms with E-state index < -0.39 is 10.0 Å². The molecule has 5 nitrogen and oxygen atoms in total. The Labute approximate surface area is 149 Å². The molecule has 0 heterocycles. The molecule has 0 fully saturated rings. The minimum absolute atomic E-state index is 0.241. The van der Waals surface area contributed by atoms with Crippen LogP contribution in [0.1, 0.15) is 22.3 Å². The monoisotopic (exact) mass is 360 g/mol. The number of benzene rings is 2. The first kappa shape index (κ1) is 19.0. The fraction of sp³-hybridized carbons (Fsp3) is 0.316. The van der Waals surface area contributed by atoms with Crippen molar-refractivity contribution >= 4 is 21.6 Å². The van der Waals surface area contributed by atoms with Crippen molar-refractivity contribution in [3.8, 4) is 0 Å². The van der Waals surface area contributed by atoms with E-state index in [-0.39, 0.29) is 12.5 Å². The summed E-state index contributed by atoms with van der Waals surface area (Å²) in [6.07, 6.45) is 1.11. The van der Waals surface area contributed by atoms with Crippen LogP contribution in [-0.2, 0) is 21.4 Å². The summed E-state index contributed by atoms with van der Waals surface area (Å²) in [5, 5.41) is 2.80. The lowest BCUT2D eigenvalue weighted by Gasteiger charge is -2.24. The van der Waals surface area contributed by atoms with Crippen LogP contribution in [0.2, 0.25) is 0 Å². The zero-order valence-corrected chi connectivity index (χ0v) is 15.9. The Hall–Kier alpha value is -2.34. The van der Waals surface area contributed by atoms with E-state index >= 15 is 0 Å². The van der Waals surface area contributed by atoms with Crippen LogP contribution in [0.3, 0.4) is 0 Å². The van der Waals surface area contributed by atoms with Gasteiger partial charge in [0, 0.05) is 6.54 Å². The lowest BCUT2D eigenvalue weighted by atomic mass is 10.1. The molecule has 0 saturated carbocycles. The maximum absolute atomic E-state index is 12.3. The third kappa shape index (κ3) is 5.06. The Balaban J connectivity index is 2.15. The molecule has 0 unspecified atom stereocenters. The molecule has 0 aliphatic carbocycles. The van der Waals surface area contributed by atoms with Crippen LogP contribution in [0.5, 0.6) is 0 Å². The van der Waals surface area contributed by atoms with Gasteiger partial charge in [0.05, 0.1) is 11.9 Å². The third-order valence-corrected chi connectivity index (χ3v) is 5.17. The summed E-state index contributed by atoms with van der Waals surface area (Å²) in [4.78, 5) is 12.3. The Morgan fingerprint density at radius 1 is 1.04 bits per heavy atom. The number of nitrogens with one attached hydrogen (secondary N) is 1. The number of anilines is 1. The molecule has 1 amide bonds. The maximum atomic E-state index is 12.3. The fourth-order valence-electron chi connectivity index (χ4n) is 2.65. The number of carbonyl (C=O) groups is 1. The van der Waals surface area contributed by atoms with E-state index in [1.165, 1.54) is 0 Å². The second-order valence-corrected chi connectivity index (χ2v) is 8.17. The van der Waals surface area contributed by atoms with E-state index in [4.69, 9.17) is 0 Å². The first-order chi connectivity index (χ1) is 11.7. The zero-order valence-electron chi connectivity index (χ0n) is 15.0. The number of amides is 1. The molecule has 134 valence electrons. The Morgan fingerprint density at radius 3 is 2.32 bits per heavy atom. The highest BCUT2D eigenvalue weighted by Crippen LogP contribution is 2.23. The number of aryl methyl sites for hydroxylation is 3. The summed E-state index contributed by atoms with van der Waals surface area (Å²) in [7, 11) is -3.57. The van der Waals surface area contributed by atoms with Gasteiger partial charge in [-0.25, -0.2) is 8.42 Å². The number of sulfonamides is 1. The maximum Gasteiger partial charge on any atom is 0.241 e. The van der Waals surface area contributed by atoms with Crippen molar-refractivity contribution in [2.24, 2.45) is 0 Å². The number of carbonyl (C=O) groups excluding carboxylic acids is 1. The van der Waals surface area contributed by atoms with Crippen molar-refractivity contribution in [1.29, 1.82) is 0 Å². The average molecular weight is 360 g/mol. The Morgan fingerprint density at radius 2 is 1.72 bits per heavy atom. The summed E-state index contributed by atoms with van der Waals surface area (Å²) < 4.78 is 25.5. The molecule has 0 aromatic heterocycles. The molecule has 2 rings (SSSR count). The predicted molar refractivity (Wildman–Crippen MR) is 101 cm³/mol. The van der Waals surface area contributed by atoms with Crippen LogP contribution < -0.4 is 9.62 Å². The van der Waals surface area contributed by atoms with Crippen molar-refractivity contribution in [2.75, 3.05) is 17.1 Å². The number of hydrogen-bond acceptors (Lipinski definition) is 3. The van der Waals surface area contributed by atoms with Crippen LogP contribution in [-0.4, -0.2) is 27.1 Å². The molecule has 0 aliphatic heterocycles. The second-order valence-electron chi connectivity index (χ2n) is 6.26. The molecule has 0 radical (unpaired) electrons. The van der Waals surface area contributed by atoms with Crippen LogP contribution in [0, 0.1) is 20.8 Å². The fourth-order valence-corrected chi connectivity index (χ4v) is 3.57. The molecule has 0 atom stereocenters. The van der Waals surface area contributed by atoms with Gasteiger partial charge in [0.1, 0.15) is 6.54 Å².